The molecule has 0 aliphatic rings. The Morgan fingerprint density at radius 1 is 1.04 bits per heavy atom. The van der Waals surface area contributed by atoms with Gasteiger partial charge in [-0.25, -0.2) is 17.9 Å². The van der Waals surface area contributed by atoms with Gasteiger partial charge in [-0.2, -0.15) is 0 Å². The van der Waals surface area contributed by atoms with E-state index in [0.29, 0.717) is 11.8 Å². The Kier molecular flexibility index (Phi) is 5.13. The molecule has 0 aliphatic heterocycles. The van der Waals surface area contributed by atoms with Gasteiger partial charge >= 0.3 is 6.03 Å². The van der Waals surface area contributed by atoms with Crippen LogP contribution < -0.4 is 10.0 Å². The lowest BCUT2D eigenvalue weighted by Crippen LogP contribution is -2.41. The smallest absolute Gasteiger partial charge is 0.324 e. The Morgan fingerprint density at radius 2 is 1.65 bits per heavy atom. The third kappa shape index (κ3) is 4.40. The zero-order valence-electron chi connectivity index (χ0n) is 12.4. The van der Waals surface area contributed by atoms with Gasteiger partial charge in [-0.05, 0) is 24.6 Å². The molecule has 120 valence electrons. The second kappa shape index (κ2) is 7.06. The standard InChI is InChI=1S/C16H16N2O4S/c1-12-7-9-14(10-8-12)23(21,22)18-16(20)17-15(11-19)13-5-3-2-4-6-13/h2-11,15H,1H3,(H2,17,18,20). The number of aryl methyl sites for hydroxylation is 1. The Morgan fingerprint density at radius 3 is 2.22 bits per heavy atom. The van der Waals surface area contributed by atoms with E-state index in [1.165, 1.54) is 12.1 Å². The predicted octanol–water partition coefficient (Wildman–Crippen LogP) is 1.92. The van der Waals surface area contributed by atoms with Crippen LogP contribution in [0.25, 0.3) is 0 Å². The highest BCUT2D eigenvalue weighted by Crippen LogP contribution is 2.11. The summed E-state index contributed by atoms with van der Waals surface area (Å²) in [5.41, 5.74) is 1.46. The molecule has 0 spiro atoms. The third-order valence-corrected chi connectivity index (χ3v) is 4.49. The molecular weight excluding hydrogens is 316 g/mol. The van der Waals surface area contributed by atoms with Crippen LogP contribution in [-0.2, 0) is 14.8 Å². The highest BCUT2D eigenvalue weighted by atomic mass is 32.2. The van der Waals surface area contributed by atoms with Gasteiger partial charge < -0.3 is 10.1 Å². The number of nitrogens with one attached hydrogen (secondary N) is 2. The summed E-state index contributed by atoms with van der Waals surface area (Å²) >= 11 is 0. The van der Waals surface area contributed by atoms with E-state index in [1.807, 2.05) is 11.6 Å². The zero-order valence-corrected chi connectivity index (χ0v) is 13.2. The van der Waals surface area contributed by atoms with E-state index in [4.69, 9.17) is 0 Å². The first kappa shape index (κ1) is 16.7. The van der Waals surface area contributed by atoms with Crippen LogP contribution in [0.1, 0.15) is 17.2 Å². The van der Waals surface area contributed by atoms with E-state index >= 15 is 0 Å². The number of benzene rings is 2. The Balaban J connectivity index is 2.09. The molecule has 2 aromatic carbocycles. The van der Waals surface area contributed by atoms with Crippen molar-refractivity contribution in [2.45, 2.75) is 17.9 Å². The number of rotatable bonds is 5. The second-order valence-corrected chi connectivity index (χ2v) is 6.60. The molecule has 2 rings (SSSR count). The lowest BCUT2D eigenvalue weighted by molar-refractivity contribution is -0.109. The molecule has 0 saturated carbocycles. The largest absolute Gasteiger partial charge is 0.329 e. The van der Waals surface area contributed by atoms with Gasteiger partial charge in [0.2, 0.25) is 0 Å². The van der Waals surface area contributed by atoms with Crippen LogP contribution in [0.2, 0.25) is 0 Å². The van der Waals surface area contributed by atoms with E-state index < -0.39 is 22.1 Å². The van der Waals surface area contributed by atoms with Gasteiger partial charge in [0, 0.05) is 0 Å². The van der Waals surface area contributed by atoms with Gasteiger partial charge in [0.1, 0.15) is 12.3 Å². The third-order valence-electron chi connectivity index (χ3n) is 3.14. The average molecular weight is 332 g/mol. The van der Waals surface area contributed by atoms with Crippen molar-refractivity contribution in [3.05, 3.63) is 65.7 Å². The molecule has 2 N–H and O–H groups in total. The molecule has 0 radical (unpaired) electrons. The molecule has 2 amide bonds. The molecular formula is C16H16N2O4S. The van der Waals surface area contributed by atoms with Crippen molar-refractivity contribution in [3.8, 4) is 0 Å². The lowest BCUT2D eigenvalue weighted by Gasteiger charge is -2.14. The summed E-state index contributed by atoms with van der Waals surface area (Å²) in [5.74, 6) is 0. The molecule has 0 heterocycles. The van der Waals surface area contributed by atoms with Crippen LogP contribution in [0.3, 0.4) is 0 Å². The molecule has 0 saturated heterocycles. The quantitative estimate of drug-likeness (QED) is 0.818. The number of amides is 2. The van der Waals surface area contributed by atoms with E-state index in [0.717, 1.165) is 5.56 Å². The van der Waals surface area contributed by atoms with E-state index in [2.05, 4.69) is 5.32 Å². The number of urea groups is 1. The fraction of sp³-hybridized carbons (Fsp3) is 0.125. The predicted molar refractivity (Wildman–Crippen MR) is 85.3 cm³/mol. The number of carbonyl (C=O) groups is 2. The second-order valence-electron chi connectivity index (χ2n) is 4.92. The molecule has 6 nitrogen and oxygen atoms in total. The molecule has 0 aromatic heterocycles. The highest BCUT2D eigenvalue weighted by molar-refractivity contribution is 7.90. The van der Waals surface area contributed by atoms with Gasteiger partial charge in [-0.3, -0.25) is 0 Å². The van der Waals surface area contributed by atoms with Crippen molar-refractivity contribution in [1.82, 2.24) is 10.0 Å². The summed E-state index contributed by atoms with van der Waals surface area (Å²) in [5, 5.41) is 2.32. The summed E-state index contributed by atoms with van der Waals surface area (Å²) < 4.78 is 26.1. The molecule has 0 aliphatic carbocycles. The first-order valence-corrected chi connectivity index (χ1v) is 8.31. The van der Waals surface area contributed by atoms with Gasteiger partial charge in [0.15, 0.2) is 0 Å². The van der Waals surface area contributed by atoms with Crippen LogP contribution in [0.4, 0.5) is 4.79 Å². The lowest BCUT2D eigenvalue weighted by atomic mass is 10.1. The first-order chi connectivity index (χ1) is 10.9. The summed E-state index contributed by atoms with van der Waals surface area (Å²) in [7, 11) is -3.99. The van der Waals surface area contributed by atoms with Crippen LogP contribution in [0.15, 0.2) is 59.5 Å². The summed E-state index contributed by atoms with van der Waals surface area (Å²) in [6, 6.07) is 12.7. The van der Waals surface area contributed by atoms with Crippen molar-refractivity contribution in [2.24, 2.45) is 0 Å². The van der Waals surface area contributed by atoms with Crippen molar-refractivity contribution in [1.29, 1.82) is 0 Å². The van der Waals surface area contributed by atoms with Crippen LogP contribution >= 0.6 is 0 Å². The monoisotopic (exact) mass is 332 g/mol. The van der Waals surface area contributed by atoms with E-state index in [9.17, 15) is 18.0 Å². The molecule has 7 heteroatoms. The zero-order chi connectivity index (χ0) is 16.9. The van der Waals surface area contributed by atoms with Crippen molar-refractivity contribution >= 4 is 22.3 Å². The number of hydrogen-bond acceptors (Lipinski definition) is 4. The van der Waals surface area contributed by atoms with Crippen molar-refractivity contribution < 1.29 is 18.0 Å². The normalized spacial score (nSPS) is 12.2. The van der Waals surface area contributed by atoms with E-state index in [-0.39, 0.29) is 4.90 Å². The van der Waals surface area contributed by atoms with E-state index in [1.54, 1.807) is 42.5 Å². The molecule has 1 atom stereocenters. The summed E-state index contributed by atoms with van der Waals surface area (Å²) in [4.78, 5) is 23.0. The topological polar surface area (TPSA) is 92.3 Å². The van der Waals surface area contributed by atoms with Crippen LogP contribution in [0.5, 0.6) is 0 Å². The van der Waals surface area contributed by atoms with Gasteiger partial charge in [0.05, 0.1) is 4.90 Å². The maximum absolute atomic E-state index is 12.1. The van der Waals surface area contributed by atoms with Crippen molar-refractivity contribution in [2.75, 3.05) is 0 Å². The minimum absolute atomic E-state index is 0.0272. The fourth-order valence-electron chi connectivity index (χ4n) is 1.93. The van der Waals surface area contributed by atoms with Crippen molar-refractivity contribution in [3.63, 3.8) is 0 Å². The highest BCUT2D eigenvalue weighted by Gasteiger charge is 2.20. The number of aldehydes is 1. The maximum Gasteiger partial charge on any atom is 0.329 e. The summed E-state index contributed by atoms with van der Waals surface area (Å²) in [6.45, 7) is 1.82. The first-order valence-electron chi connectivity index (χ1n) is 6.82. The van der Waals surface area contributed by atoms with Gasteiger partial charge in [-0.1, -0.05) is 48.0 Å². The number of sulfonamides is 1. The molecule has 23 heavy (non-hydrogen) atoms. The van der Waals surface area contributed by atoms with Gasteiger partial charge in [-0.15, -0.1) is 0 Å². The maximum atomic E-state index is 12.1. The Bertz CT molecular complexity index is 787. The Hall–Kier alpha value is -2.67. The number of hydrogen-bond donors (Lipinski definition) is 2. The minimum Gasteiger partial charge on any atom is -0.324 e. The van der Waals surface area contributed by atoms with Crippen LogP contribution in [-0.4, -0.2) is 20.7 Å². The molecule has 0 fully saturated rings. The fourth-order valence-corrected chi connectivity index (χ4v) is 2.84. The average Bonchev–Trinajstić information content (AvgIpc) is 2.53. The van der Waals surface area contributed by atoms with Gasteiger partial charge in [0.25, 0.3) is 10.0 Å². The van der Waals surface area contributed by atoms with Crippen LogP contribution in [0, 0.1) is 6.92 Å². The molecule has 1 unspecified atom stereocenters. The SMILES string of the molecule is Cc1ccc(S(=O)(=O)NC(=O)NC(C=O)c2ccccc2)cc1. The molecule has 2 aromatic rings. The summed E-state index contributed by atoms with van der Waals surface area (Å²) in [6.07, 6.45) is 0.535. The Labute approximate surface area is 134 Å². The minimum atomic E-state index is -3.99. The molecule has 0 bridgehead atoms. The number of carbonyl (C=O) groups excluding carboxylic acids is 2.